The number of hydrogen-bond donors (Lipinski definition) is 2. The summed E-state index contributed by atoms with van der Waals surface area (Å²) in [5, 5.41) is 6.37. The molecule has 1 aromatic carbocycles. The van der Waals surface area contributed by atoms with Gasteiger partial charge < -0.3 is 15.4 Å². The smallest absolute Gasteiger partial charge is 0.251 e. The highest BCUT2D eigenvalue weighted by molar-refractivity contribution is 5.94. The minimum absolute atomic E-state index is 0.00238. The second-order valence-electron chi connectivity index (χ2n) is 6.07. The molecule has 4 nitrogen and oxygen atoms in total. The average molecular weight is 290 g/mol. The third-order valence-electron chi connectivity index (χ3n) is 3.71. The molecule has 0 bridgehead atoms. The first-order valence-electron chi connectivity index (χ1n) is 7.89. The summed E-state index contributed by atoms with van der Waals surface area (Å²) in [4.78, 5) is 12.1. The highest BCUT2D eigenvalue weighted by Gasteiger charge is 2.16. The maximum absolute atomic E-state index is 12.1. The topological polar surface area (TPSA) is 50.4 Å². The van der Waals surface area contributed by atoms with Crippen molar-refractivity contribution >= 4 is 5.91 Å². The fourth-order valence-corrected chi connectivity index (χ4v) is 2.36. The molecule has 1 saturated heterocycles. The molecule has 1 atom stereocenters. The minimum Gasteiger partial charge on any atom is -0.494 e. The van der Waals surface area contributed by atoms with Crippen molar-refractivity contribution in [1.82, 2.24) is 10.6 Å². The van der Waals surface area contributed by atoms with E-state index < -0.39 is 0 Å². The van der Waals surface area contributed by atoms with E-state index in [9.17, 15) is 4.79 Å². The van der Waals surface area contributed by atoms with Crippen molar-refractivity contribution in [3.8, 4) is 5.75 Å². The molecule has 1 fully saturated rings. The molecular weight excluding hydrogens is 264 g/mol. The van der Waals surface area contributed by atoms with Crippen molar-refractivity contribution in [2.24, 2.45) is 5.92 Å². The van der Waals surface area contributed by atoms with E-state index in [0.29, 0.717) is 11.5 Å². The van der Waals surface area contributed by atoms with Crippen LogP contribution in [0, 0.1) is 5.92 Å². The first-order chi connectivity index (χ1) is 10.1. The number of amides is 1. The molecule has 116 valence electrons. The maximum Gasteiger partial charge on any atom is 0.251 e. The quantitative estimate of drug-likeness (QED) is 0.846. The lowest BCUT2D eigenvalue weighted by molar-refractivity contribution is 0.0930. The normalized spacial score (nSPS) is 18.5. The lowest BCUT2D eigenvalue weighted by atomic mass is 10.1. The third-order valence-corrected chi connectivity index (χ3v) is 3.71. The Balaban J connectivity index is 1.81. The van der Waals surface area contributed by atoms with Gasteiger partial charge in [0.05, 0.1) is 6.61 Å². The van der Waals surface area contributed by atoms with Gasteiger partial charge in [-0.3, -0.25) is 4.79 Å². The number of ether oxygens (including phenoxy) is 1. The van der Waals surface area contributed by atoms with E-state index in [-0.39, 0.29) is 11.9 Å². The second kappa shape index (κ2) is 8.03. The van der Waals surface area contributed by atoms with Gasteiger partial charge in [-0.25, -0.2) is 0 Å². The van der Waals surface area contributed by atoms with Gasteiger partial charge in [-0.1, -0.05) is 13.8 Å². The highest BCUT2D eigenvalue weighted by Crippen LogP contribution is 2.14. The number of carbonyl (C=O) groups excluding carboxylic acids is 1. The fraction of sp³-hybridized carbons (Fsp3) is 0.588. The van der Waals surface area contributed by atoms with Gasteiger partial charge in [-0.05, 0) is 56.0 Å². The zero-order chi connectivity index (χ0) is 15.1. The van der Waals surface area contributed by atoms with E-state index in [0.717, 1.165) is 44.7 Å². The fourth-order valence-electron chi connectivity index (χ4n) is 2.36. The van der Waals surface area contributed by atoms with Crippen LogP contribution in [0.4, 0.5) is 0 Å². The number of benzene rings is 1. The van der Waals surface area contributed by atoms with Crippen LogP contribution < -0.4 is 15.4 Å². The second-order valence-corrected chi connectivity index (χ2v) is 6.07. The summed E-state index contributed by atoms with van der Waals surface area (Å²) in [6, 6.07) is 7.64. The minimum atomic E-state index is -0.00238. The van der Waals surface area contributed by atoms with Crippen LogP contribution >= 0.6 is 0 Å². The molecule has 0 saturated carbocycles. The molecular formula is C17H26N2O2. The lowest BCUT2D eigenvalue weighted by Crippen LogP contribution is -2.45. The van der Waals surface area contributed by atoms with E-state index in [1.54, 1.807) is 0 Å². The molecule has 21 heavy (non-hydrogen) atoms. The Morgan fingerprint density at radius 3 is 2.76 bits per heavy atom. The highest BCUT2D eigenvalue weighted by atomic mass is 16.5. The first-order valence-corrected chi connectivity index (χ1v) is 7.89. The number of carbonyl (C=O) groups is 1. The molecule has 0 spiro atoms. The number of nitrogens with one attached hydrogen (secondary N) is 2. The van der Waals surface area contributed by atoms with Crippen molar-refractivity contribution in [2.75, 3.05) is 19.7 Å². The van der Waals surface area contributed by atoms with E-state index in [1.165, 1.54) is 0 Å². The standard InChI is InChI=1S/C17H26N2O2/c1-13(2)9-11-21-16-7-5-14(6-8-16)17(20)19-15-4-3-10-18-12-15/h5-8,13,15,18H,3-4,9-12H2,1-2H3,(H,19,20). The van der Waals surface area contributed by atoms with Crippen LogP contribution in [0.5, 0.6) is 5.75 Å². The van der Waals surface area contributed by atoms with Crippen LogP contribution in [0.2, 0.25) is 0 Å². The van der Waals surface area contributed by atoms with Crippen molar-refractivity contribution in [3.05, 3.63) is 29.8 Å². The van der Waals surface area contributed by atoms with Gasteiger partial charge in [0.15, 0.2) is 0 Å². The molecule has 1 amide bonds. The van der Waals surface area contributed by atoms with Gasteiger partial charge in [-0.15, -0.1) is 0 Å². The van der Waals surface area contributed by atoms with E-state index in [4.69, 9.17) is 4.74 Å². The monoisotopic (exact) mass is 290 g/mol. The van der Waals surface area contributed by atoms with Crippen LogP contribution in [0.25, 0.3) is 0 Å². The molecule has 1 unspecified atom stereocenters. The molecule has 0 aliphatic carbocycles. The Morgan fingerprint density at radius 1 is 1.38 bits per heavy atom. The summed E-state index contributed by atoms with van der Waals surface area (Å²) >= 11 is 0. The molecule has 0 radical (unpaired) electrons. The molecule has 0 aromatic heterocycles. The van der Waals surface area contributed by atoms with Gasteiger partial charge in [0.2, 0.25) is 0 Å². The Morgan fingerprint density at radius 2 is 2.14 bits per heavy atom. The van der Waals surface area contributed by atoms with Crippen LogP contribution in [-0.2, 0) is 0 Å². The van der Waals surface area contributed by atoms with E-state index in [1.807, 2.05) is 24.3 Å². The lowest BCUT2D eigenvalue weighted by Gasteiger charge is -2.23. The zero-order valence-corrected chi connectivity index (χ0v) is 13.0. The average Bonchev–Trinajstić information content (AvgIpc) is 2.48. The Bertz CT molecular complexity index is 437. The summed E-state index contributed by atoms with van der Waals surface area (Å²) in [5.74, 6) is 1.46. The van der Waals surface area contributed by atoms with Crippen LogP contribution in [0.15, 0.2) is 24.3 Å². The van der Waals surface area contributed by atoms with Gasteiger partial charge in [0.25, 0.3) is 5.91 Å². The van der Waals surface area contributed by atoms with Crippen molar-refractivity contribution < 1.29 is 9.53 Å². The Kier molecular flexibility index (Phi) is 6.05. The van der Waals surface area contributed by atoms with Crippen LogP contribution in [0.1, 0.15) is 43.5 Å². The molecule has 1 heterocycles. The summed E-state index contributed by atoms with van der Waals surface area (Å²) in [6.45, 7) is 6.99. The molecule has 2 rings (SSSR count). The van der Waals surface area contributed by atoms with Gasteiger partial charge in [0, 0.05) is 18.2 Å². The van der Waals surface area contributed by atoms with Gasteiger partial charge in [0.1, 0.15) is 5.75 Å². The number of piperidine rings is 1. The zero-order valence-electron chi connectivity index (χ0n) is 13.0. The third kappa shape index (κ3) is 5.38. The first kappa shape index (κ1) is 15.8. The molecule has 1 aliphatic rings. The van der Waals surface area contributed by atoms with Gasteiger partial charge >= 0.3 is 0 Å². The maximum atomic E-state index is 12.1. The van der Waals surface area contributed by atoms with Crippen molar-refractivity contribution in [1.29, 1.82) is 0 Å². The predicted octanol–water partition coefficient (Wildman–Crippen LogP) is 2.59. The summed E-state index contributed by atoms with van der Waals surface area (Å²) in [5.41, 5.74) is 0.691. The van der Waals surface area contributed by atoms with E-state index >= 15 is 0 Å². The van der Waals surface area contributed by atoms with Crippen LogP contribution in [-0.4, -0.2) is 31.6 Å². The SMILES string of the molecule is CC(C)CCOc1ccc(C(=O)NC2CCCNC2)cc1. The molecule has 1 aromatic rings. The van der Waals surface area contributed by atoms with Gasteiger partial charge in [-0.2, -0.15) is 0 Å². The van der Waals surface area contributed by atoms with E-state index in [2.05, 4.69) is 24.5 Å². The Labute approximate surface area is 127 Å². The van der Waals surface area contributed by atoms with Crippen molar-refractivity contribution in [2.45, 2.75) is 39.2 Å². The summed E-state index contributed by atoms with van der Waals surface area (Å²) < 4.78 is 5.66. The largest absolute Gasteiger partial charge is 0.494 e. The molecule has 2 N–H and O–H groups in total. The number of hydrogen-bond acceptors (Lipinski definition) is 3. The molecule has 1 aliphatic heterocycles. The summed E-state index contributed by atoms with van der Waals surface area (Å²) in [7, 11) is 0. The van der Waals surface area contributed by atoms with Crippen molar-refractivity contribution in [3.63, 3.8) is 0 Å². The Hall–Kier alpha value is -1.55. The summed E-state index contributed by atoms with van der Waals surface area (Å²) in [6.07, 6.45) is 3.21. The molecule has 4 heteroatoms. The van der Waals surface area contributed by atoms with Crippen LogP contribution in [0.3, 0.4) is 0 Å². The predicted molar refractivity (Wildman–Crippen MR) is 84.7 cm³/mol. The number of rotatable bonds is 6.